The molecule has 0 saturated carbocycles. The number of benzene rings is 1. The van der Waals surface area contributed by atoms with Crippen LogP contribution in [0.15, 0.2) is 22.8 Å². The summed E-state index contributed by atoms with van der Waals surface area (Å²) in [5.74, 6) is 0. The van der Waals surface area contributed by atoms with Gasteiger partial charge in [0, 0.05) is 5.39 Å². The first-order chi connectivity index (χ1) is 6.50. The van der Waals surface area contributed by atoms with Crippen LogP contribution >= 0.6 is 15.9 Å². The molecule has 3 nitrogen and oxygen atoms in total. The van der Waals surface area contributed by atoms with Crippen LogP contribution in [0.5, 0.6) is 0 Å². The summed E-state index contributed by atoms with van der Waals surface area (Å²) in [5.41, 5.74) is 0.874. The highest BCUT2D eigenvalue weighted by Gasteiger charge is 2.21. The summed E-state index contributed by atoms with van der Waals surface area (Å²) in [4.78, 5) is 0. The van der Waals surface area contributed by atoms with E-state index in [1.165, 1.54) is 0 Å². The molecule has 0 fully saturated rings. The Morgan fingerprint density at radius 1 is 1.43 bits per heavy atom. The van der Waals surface area contributed by atoms with Gasteiger partial charge in [0.1, 0.15) is 4.60 Å². The fraction of sp³-hybridized carbons (Fsp3) is 0.300. The highest BCUT2D eigenvalue weighted by Crippen LogP contribution is 2.31. The Kier molecular flexibility index (Phi) is 2.12. The Balaban J connectivity index is 2.82. The number of nitrogens with zero attached hydrogens (tertiary/aromatic N) is 1. The Morgan fingerprint density at radius 3 is 2.79 bits per heavy atom. The van der Waals surface area contributed by atoms with Crippen molar-refractivity contribution in [2.75, 3.05) is 0 Å². The van der Waals surface area contributed by atoms with Crippen LogP contribution in [0.1, 0.15) is 19.4 Å². The lowest BCUT2D eigenvalue weighted by Crippen LogP contribution is -2.15. The van der Waals surface area contributed by atoms with E-state index in [0.717, 1.165) is 21.1 Å². The van der Waals surface area contributed by atoms with Crippen molar-refractivity contribution in [3.05, 3.63) is 28.4 Å². The normalized spacial score (nSPS) is 12.3. The minimum Gasteiger partial charge on any atom is -0.386 e. The molecule has 1 heterocycles. The summed E-state index contributed by atoms with van der Waals surface area (Å²) >= 11 is 3.38. The smallest absolute Gasteiger partial charge is 0.109 e. The number of aliphatic hydroxyl groups is 1. The molecule has 0 bridgehead atoms. The number of rotatable bonds is 1. The zero-order chi connectivity index (χ0) is 10.3. The van der Waals surface area contributed by atoms with E-state index in [4.69, 9.17) is 0 Å². The SMILES string of the molecule is CC(C)(O)c1cccc2n[nH]c(Br)c12. The number of fused-ring (bicyclic) bond motifs is 1. The maximum absolute atomic E-state index is 9.97. The molecule has 0 aliphatic heterocycles. The van der Waals surface area contributed by atoms with Crippen LogP contribution in [0, 0.1) is 0 Å². The zero-order valence-electron chi connectivity index (χ0n) is 8.00. The molecule has 0 amide bonds. The summed E-state index contributed by atoms with van der Waals surface area (Å²) in [6.45, 7) is 3.53. The summed E-state index contributed by atoms with van der Waals surface area (Å²) in [7, 11) is 0. The van der Waals surface area contributed by atoms with Gasteiger partial charge in [-0.25, -0.2) is 0 Å². The second-order valence-corrected chi connectivity index (χ2v) is 4.59. The lowest BCUT2D eigenvalue weighted by molar-refractivity contribution is 0.0802. The molecule has 74 valence electrons. The van der Waals surface area contributed by atoms with Crippen LogP contribution in [0.2, 0.25) is 0 Å². The highest BCUT2D eigenvalue weighted by atomic mass is 79.9. The molecule has 1 aromatic heterocycles. The van der Waals surface area contributed by atoms with E-state index in [-0.39, 0.29) is 0 Å². The molecule has 0 aliphatic carbocycles. The van der Waals surface area contributed by atoms with Crippen molar-refractivity contribution in [2.45, 2.75) is 19.4 Å². The average Bonchev–Trinajstić information content (AvgIpc) is 2.46. The molecule has 0 aliphatic rings. The average molecular weight is 255 g/mol. The monoisotopic (exact) mass is 254 g/mol. The van der Waals surface area contributed by atoms with Gasteiger partial charge in [0.25, 0.3) is 0 Å². The van der Waals surface area contributed by atoms with Gasteiger partial charge >= 0.3 is 0 Å². The van der Waals surface area contributed by atoms with Gasteiger partial charge in [-0.15, -0.1) is 0 Å². The van der Waals surface area contributed by atoms with Crippen LogP contribution in [0.25, 0.3) is 10.9 Å². The lowest BCUT2D eigenvalue weighted by Gasteiger charge is -2.18. The Labute approximate surface area is 90.3 Å². The highest BCUT2D eigenvalue weighted by molar-refractivity contribution is 9.10. The summed E-state index contributed by atoms with van der Waals surface area (Å²) in [6.07, 6.45) is 0. The number of hydrogen-bond acceptors (Lipinski definition) is 2. The molecule has 0 saturated heterocycles. The Morgan fingerprint density at radius 2 is 2.14 bits per heavy atom. The van der Waals surface area contributed by atoms with Gasteiger partial charge in [0.05, 0.1) is 11.1 Å². The third-order valence-electron chi connectivity index (χ3n) is 2.20. The van der Waals surface area contributed by atoms with Gasteiger partial charge in [-0.05, 0) is 41.4 Å². The van der Waals surface area contributed by atoms with Crippen molar-refractivity contribution in [2.24, 2.45) is 0 Å². The van der Waals surface area contributed by atoms with Crippen molar-refractivity contribution in [3.63, 3.8) is 0 Å². The van der Waals surface area contributed by atoms with Crippen molar-refractivity contribution >= 4 is 26.8 Å². The molecule has 0 unspecified atom stereocenters. The molecule has 2 aromatic rings. The van der Waals surface area contributed by atoms with E-state index in [0.29, 0.717) is 0 Å². The van der Waals surface area contributed by atoms with E-state index in [1.807, 2.05) is 18.2 Å². The van der Waals surface area contributed by atoms with Crippen molar-refractivity contribution in [1.82, 2.24) is 10.2 Å². The molecular formula is C10H11BrN2O. The van der Waals surface area contributed by atoms with E-state index >= 15 is 0 Å². The van der Waals surface area contributed by atoms with Gasteiger partial charge in [0.2, 0.25) is 0 Å². The standard InChI is InChI=1S/C10H11BrN2O/c1-10(2,14)6-4-3-5-7-8(6)9(11)13-12-7/h3-5,14H,1-2H3,(H,12,13). The summed E-state index contributed by atoms with van der Waals surface area (Å²) < 4.78 is 0.810. The van der Waals surface area contributed by atoms with Crippen LogP contribution in [0.3, 0.4) is 0 Å². The Bertz CT molecular complexity index is 470. The number of aromatic nitrogens is 2. The third kappa shape index (κ3) is 1.44. The van der Waals surface area contributed by atoms with Gasteiger partial charge < -0.3 is 5.11 Å². The molecule has 14 heavy (non-hydrogen) atoms. The summed E-state index contributed by atoms with van der Waals surface area (Å²) in [6, 6.07) is 5.71. The number of halogens is 1. The second-order valence-electron chi connectivity index (χ2n) is 3.80. The molecule has 0 radical (unpaired) electrons. The van der Waals surface area contributed by atoms with Crippen molar-refractivity contribution in [3.8, 4) is 0 Å². The van der Waals surface area contributed by atoms with Crippen molar-refractivity contribution < 1.29 is 5.11 Å². The van der Waals surface area contributed by atoms with Crippen LogP contribution in [-0.2, 0) is 5.60 Å². The number of hydrogen-bond donors (Lipinski definition) is 2. The van der Waals surface area contributed by atoms with E-state index in [2.05, 4.69) is 26.1 Å². The zero-order valence-corrected chi connectivity index (χ0v) is 9.59. The predicted molar refractivity (Wildman–Crippen MR) is 59.0 cm³/mol. The van der Waals surface area contributed by atoms with Crippen molar-refractivity contribution in [1.29, 1.82) is 0 Å². The van der Waals surface area contributed by atoms with Gasteiger partial charge in [-0.2, -0.15) is 5.10 Å². The minimum atomic E-state index is -0.855. The third-order valence-corrected chi connectivity index (χ3v) is 2.77. The first-order valence-electron chi connectivity index (χ1n) is 4.35. The van der Waals surface area contributed by atoms with Gasteiger partial charge in [-0.3, -0.25) is 5.10 Å². The molecule has 4 heteroatoms. The number of H-pyrrole nitrogens is 1. The number of nitrogens with one attached hydrogen (secondary N) is 1. The maximum Gasteiger partial charge on any atom is 0.109 e. The Hall–Kier alpha value is -0.870. The van der Waals surface area contributed by atoms with Crippen LogP contribution in [-0.4, -0.2) is 15.3 Å². The maximum atomic E-state index is 9.97. The molecule has 2 rings (SSSR count). The number of aromatic amines is 1. The molecular weight excluding hydrogens is 244 g/mol. The van der Waals surface area contributed by atoms with Crippen LogP contribution < -0.4 is 0 Å². The second kappa shape index (κ2) is 3.07. The fourth-order valence-electron chi connectivity index (χ4n) is 1.54. The first kappa shape index (κ1) is 9.68. The van der Waals surface area contributed by atoms with Gasteiger partial charge in [0.15, 0.2) is 0 Å². The van der Waals surface area contributed by atoms with E-state index < -0.39 is 5.60 Å². The van der Waals surface area contributed by atoms with E-state index in [9.17, 15) is 5.11 Å². The molecule has 0 atom stereocenters. The van der Waals surface area contributed by atoms with Gasteiger partial charge in [-0.1, -0.05) is 12.1 Å². The summed E-state index contributed by atoms with van der Waals surface area (Å²) in [5, 5.41) is 17.9. The van der Waals surface area contributed by atoms with Crippen LogP contribution in [0.4, 0.5) is 0 Å². The largest absolute Gasteiger partial charge is 0.386 e. The molecule has 2 N–H and O–H groups in total. The lowest BCUT2D eigenvalue weighted by atomic mass is 9.95. The fourth-order valence-corrected chi connectivity index (χ4v) is 2.04. The topological polar surface area (TPSA) is 48.9 Å². The quantitative estimate of drug-likeness (QED) is 0.822. The first-order valence-corrected chi connectivity index (χ1v) is 5.15. The minimum absolute atomic E-state index is 0.810. The predicted octanol–water partition coefficient (Wildman–Crippen LogP) is 2.55. The molecule has 0 spiro atoms. The molecule has 1 aromatic carbocycles. The van der Waals surface area contributed by atoms with E-state index in [1.54, 1.807) is 13.8 Å².